The number of rotatable bonds is 7. The smallest absolute Gasteiger partial charge is 0.416 e. The van der Waals surface area contributed by atoms with E-state index in [1.165, 1.54) is 24.3 Å². The highest BCUT2D eigenvalue weighted by Crippen LogP contribution is 2.44. The number of ether oxygens (including phenoxy) is 1. The van der Waals surface area contributed by atoms with Crippen molar-refractivity contribution < 1.29 is 36.2 Å². The van der Waals surface area contributed by atoms with Gasteiger partial charge in [0.25, 0.3) is 0 Å². The Balaban J connectivity index is 1.55. The molecule has 3 aromatic carbocycles. The van der Waals surface area contributed by atoms with Gasteiger partial charge in [-0.05, 0) is 98.8 Å². The fourth-order valence-corrected chi connectivity index (χ4v) is 5.18. The quantitative estimate of drug-likeness (QED) is 0.306. The predicted octanol–water partition coefficient (Wildman–Crippen LogP) is 7.66. The largest absolute Gasteiger partial charge is 0.491 e. The number of halogens is 6. The van der Waals surface area contributed by atoms with Crippen LogP contribution < -0.4 is 4.74 Å². The van der Waals surface area contributed by atoms with E-state index in [9.17, 15) is 31.4 Å². The summed E-state index contributed by atoms with van der Waals surface area (Å²) in [5, 5.41) is 12.0. The van der Waals surface area contributed by atoms with E-state index in [0.717, 1.165) is 35.6 Å². The predicted molar refractivity (Wildman–Crippen MR) is 136 cm³/mol. The van der Waals surface area contributed by atoms with Crippen molar-refractivity contribution in [2.45, 2.75) is 57.3 Å². The summed E-state index contributed by atoms with van der Waals surface area (Å²) in [7, 11) is 0. The molecule has 0 amide bonds. The van der Waals surface area contributed by atoms with Crippen molar-refractivity contribution in [2.24, 2.45) is 5.92 Å². The highest BCUT2D eigenvalue weighted by Gasteiger charge is 2.43. The molecule has 0 aromatic heterocycles. The molecule has 3 nitrogen and oxygen atoms in total. The van der Waals surface area contributed by atoms with Gasteiger partial charge in [-0.3, -0.25) is 4.90 Å². The molecule has 1 N–H and O–H groups in total. The first kappa shape index (κ1) is 29.0. The molecule has 0 aliphatic carbocycles. The van der Waals surface area contributed by atoms with E-state index in [-0.39, 0.29) is 17.2 Å². The Morgan fingerprint density at radius 1 is 0.718 bits per heavy atom. The van der Waals surface area contributed by atoms with E-state index < -0.39 is 35.0 Å². The molecule has 4 rings (SSSR count). The van der Waals surface area contributed by atoms with Crippen LogP contribution in [0.4, 0.5) is 26.3 Å². The molecule has 210 valence electrons. The van der Waals surface area contributed by atoms with Crippen LogP contribution in [0.25, 0.3) is 0 Å². The van der Waals surface area contributed by atoms with E-state index in [4.69, 9.17) is 4.74 Å². The van der Waals surface area contributed by atoms with Gasteiger partial charge < -0.3 is 9.84 Å². The first-order chi connectivity index (χ1) is 18.3. The van der Waals surface area contributed by atoms with E-state index >= 15 is 0 Å². The fraction of sp³-hybridized carbons (Fsp3) is 0.400. The van der Waals surface area contributed by atoms with Crippen LogP contribution in [-0.4, -0.2) is 29.2 Å². The van der Waals surface area contributed by atoms with Gasteiger partial charge in [-0.25, -0.2) is 0 Å². The summed E-state index contributed by atoms with van der Waals surface area (Å²) < 4.78 is 84.7. The van der Waals surface area contributed by atoms with Crippen molar-refractivity contribution in [3.05, 3.63) is 101 Å². The third-order valence-electron chi connectivity index (χ3n) is 7.18. The maximum Gasteiger partial charge on any atom is 0.416 e. The molecule has 0 spiro atoms. The van der Waals surface area contributed by atoms with Crippen LogP contribution in [0.15, 0.2) is 72.8 Å². The molecule has 39 heavy (non-hydrogen) atoms. The van der Waals surface area contributed by atoms with Gasteiger partial charge in [0.15, 0.2) is 0 Å². The molecular formula is C30H31F6NO2. The topological polar surface area (TPSA) is 32.7 Å². The van der Waals surface area contributed by atoms with Gasteiger partial charge in [0.2, 0.25) is 0 Å². The standard InChI is InChI=1S/C30H31F6NO2/c1-20(2)39-27-13-3-21(4-14-27)19-37-17-15-24(16-18-37)28(38,22-5-9-25(10-6-22)29(31,32)33)23-7-11-26(12-8-23)30(34,35)36/h3-14,20,24,38H,15-19H2,1-2H3. The third kappa shape index (κ3) is 6.76. The Morgan fingerprint density at radius 3 is 1.51 bits per heavy atom. The van der Waals surface area contributed by atoms with E-state index in [2.05, 4.69) is 4.90 Å². The molecule has 1 fully saturated rings. The average molecular weight is 552 g/mol. The first-order valence-electron chi connectivity index (χ1n) is 12.8. The summed E-state index contributed by atoms with van der Waals surface area (Å²) in [6.45, 7) is 5.80. The maximum absolute atomic E-state index is 13.2. The highest BCUT2D eigenvalue weighted by atomic mass is 19.4. The van der Waals surface area contributed by atoms with Gasteiger partial charge in [0, 0.05) is 6.54 Å². The summed E-state index contributed by atoms with van der Waals surface area (Å²) in [5.41, 5.74) is -1.95. The summed E-state index contributed by atoms with van der Waals surface area (Å²) in [5.74, 6) is 0.370. The first-order valence-corrected chi connectivity index (χ1v) is 12.8. The van der Waals surface area contributed by atoms with Crippen LogP contribution in [0.5, 0.6) is 5.75 Å². The van der Waals surface area contributed by atoms with Crippen LogP contribution in [-0.2, 0) is 24.5 Å². The Morgan fingerprint density at radius 2 is 1.13 bits per heavy atom. The molecule has 0 atom stereocenters. The second-order valence-corrected chi connectivity index (χ2v) is 10.3. The monoisotopic (exact) mass is 551 g/mol. The molecule has 0 saturated carbocycles. The minimum atomic E-state index is -4.55. The molecular weight excluding hydrogens is 520 g/mol. The average Bonchev–Trinajstić information content (AvgIpc) is 2.89. The van der Waals surface area contributed by atoms with Gasteiger partial charge in [0.1, 0.15) is 11.4 Å². The van der Waals surface area contributed by atoms with Crippen molar-refractivity contribution in [3.8, 4) is 5.75 Å². The summed E-state index contributed by atoms with van der Waals surface area (Å²) in [6, 6.07) is 16.3. The Bertz CT molecular complexity index is 1150. The zero-order valence-electron chi connectivity index (χ0n) is 21.7. The summed E-state index contributed by atoms with van der Waals surface area (Å²) in [4.78, 5) is 2.22. The molecule has 3 aromatic rings. The summed E-state index contributed by atoms with van der Waals surface area (Å²) >= 11 is 0. The molecule has 9 heteroatoms. The maximum atomic E-state index is 13.2. The van der Waals surface area contributed by atoms with Gasteiger partial charge in [-0.2, -0.15) is 26.3 Å². The lowest BCUT2D eigenvalue weighted by Gasteiger charge is -2.42. The van der Waals surface area contributed by atoms with Crippen molar-refractivity contribution in [2.75, 3.05) is 13.1 Å². The normalized spacial score (nSPS) is 16.1. The SMILES string of the molecule is CC(C)Oc1ccc(CN2CCC(C(O)(c3ccc(C(F)(F)F)cc3)c3ccc(C(F)(F)F)cc3)CC2)cc1. The number of alkyl halides is 6. The van der Waals surface area contributed by atoms with Crippen LogP contribution in [0, 0.1) is 5.92 Å². The van der Waals surface area contributed by atoms with E-state index in [1.54, 1.807) is 0 Å². The molecule has 1 saturated heterocycles. The van der Waals surface area contributed by atoms with Crippen LogP contribution in [0.3, 0.4) is 0 Å². The Kier molecular flexibility index (Phi) is 8.33. The van der Waals surface area contributed by atoms with Crippen molar-refractivity contribution in [3.63, 3.8) is 0 Å². The second kappa shape index (κ2) is 11.2. The number of aliphatic hydroxyl groups is 1. The fourth-order valence-electron chi connectivity index (χ4n) is 5.18. The van der Waals surface area contributed by atoms with Gasteiger partial charge in [-0.1, -0.05) is 36.4 Å². The number of hydrogen-bond acceptors (Lipinski definition) is 3. The van der Waals surface area contributed by atoms with Crippen molar-refractivity contribution in [1.29, 1.82) is 0 Å². The Hall–Kier alpha value is -3.04. The van der Waals surface area contributed by atoms with E-state index in [1.807, 2.05) is 38.1 Å². The van der Waals surface area contributed by atoms with Gasteiger partial charge in [0.05, 0.1) is 17.2 Å². The molecule has 0 radical (unpaired) electrons. The minimum Gasteiger partial charge on any atom is -0.491 e. The van der Waals surface area contributed by atoms with Crippen LogP contribution >= 0.6 is 0 Å². The minimum absolute atomic E-state index is 0.0722. The van der Waals surface area contributed by atoms with Gasteiger partial charge >= 0.3 is 12.4 Å². The molecule has 1 aliphatic rings. The van der Waals surface area contributed by atoms with Crippen LogP contribution in [0.2, 0.25) is 0 Å². The zero-order chi connectivity index (χ0) is 28.4. The molecule has 0 bridgehead atoms. The molecule has 1 aliphatic heterocycles. The second-order valence-electron chi connectivity index (χ2n) is 10.3. The lowest BCUT2D eigenvalue weighted by molar-refractivity contribution is -0.138. The molecule has 1 heterocycles. The number of benzene rings is 3. The zero-order valence-corrected chi connectivity index (χ0v) is 21.7. The lowest BCUT2D eigenvalue weighted by Crippen LogP contribution is -2.44. The van der Waals surface area contributed by atoms with Crippen molar-refractivity contribution >= 4 is 0 Å². The number of hydrogen-bond donors (Lipinski definition) is 1. The number of likely N-dealkylation sites (tertiary alicyclic amines) is 1. The number of piperidine rings is 1. The molecule has 0 unspecified atom stereocenters. The number of nitrogens with zero attached hydrogens (tertiary/aromatic N) is 1. The van der Waals surface area contributed by atoms with Crippen molar-refractivity contribution in [1.82, 2.24) is 4.90 Å². The lowest BCUT2D eigenvalue weighted by atomic mass is 9.71. The summed E-state index contributed by atoms with van der Waals surface area (Å²) in [6.07, 6.45) is -8.01. The third-order valence-corrected chi connectivity index (χ3v) is 7.18. The van der Waals surface area contributed by atoms with E-state index in [0.29, 0.717) is 32.5 Å². The van der Waals surface area contributed by atoms with Gasteiger partial charge in [-0.15, -0.1) is 0 Å². The Labute approximate surface area is 224 Å². The van der Waals surface area contributed by atoms with Crippen LogP contribution in [0.1, 0.15) is 54.5 Å². The highest BCUT2D eigenvalue weighted by molar-refractivity contribution is 5.40.